The van der Waals surface area contributed by atoms with Crippen LogP contribution >= 0.6 is 15.9 Å². The van der Waals surface area contributed by atoms with Crippen LogP contribution in [0.5, 0.6) is 0 Å². The molecule has 1 saturated carbocycles. The van der Waals surface area contributed by atoms with Crippen LogP contribution < -0.4 is 5.73 Å². The number of amides is 1. The van der Waals surface area contributed by atoms with E-state index in [0.29, 0.717) is 12.5 Å². The van der Waals surface area contributed by atoms with E-state index in [-0.39, 0.29) is 6.10 Å². The number of nitrogens with zero attached hydrogens (tertiary/aromatic N) is 1. The predicted octanol–water partition coefficient (Wildman–Crippen LogP) is 1.68. The maximum atomic E-state index is 11.7. The Morgan fingerprint density at radius 3 is 2.79 bits per heavy atom. The number of hydrogen-bond donors (Lipinski definition) is 2. The van der Waals surface area contributed by atoms with E-state index >= 15 is 0 Å². The minimum Gasteiger partial charge on any atom is -0.392 e. The molecule has 104 valence electrons. The van der Waals surface area contributed by atoms with E-state index in [4.69, 9.17) is 5.73 Å². The largest absolute Gasteiger partial charge is 0.392 e. The van der Waals surface area contributed by atoms with Crippen molar-refractivity contribution in [2.75, 3.05) is 13.6 Å². The zero-order valence-corrected chi connectivity index (χ0v) is 12.5. The van der Waals surface area contributed by atoms with Gasteiger partial charge in [-0.3, -0.25) is 9.69 Å². The topological polar surface area (TPSA) is 66.6 Å². The van der Waals surface area contributed by atoms with E-state index < -0.39 is 11.9 Å². The van der Waals surface area contributed by atoms with Gasteiger partial charge >= 0.3 is 0 Å². The molecule has 0 bridgehead atoms. The Morgan fingerprint density at radius 1 is 1.58 bits per heavy atom. The van der Waals surface area contributed by atoms with Crippen LogP contribution in [0.3, 0.4) is 0 Å². The van der Waals surface area contributed by atoms with Crippen molar-refractivity contribution >= 4 is 21.8 Å². The van der Waals surface area contributed by atoms with Gasteiger partial charge in [-0.05, 0) is 43.5 Å². The number of hydrogen-bond acceptors (Lipinski definition) is 3. The molecule has 1 aromatic carbocycles. The Hall–Kier alpha value is -0.910. The molecule has 0 spiro atoms. The highest BCUT2D eigenvalue weighted by Crippen LogP contribution is 2.33. The van der Waals surface area contributed by atoms with E-state index in [0.717, 1.165) is 22.9 Å². The van der Waals surface area contributed by atoms with Gasteiger partial charge in [0.15, 0.2) is 0 Å². The number of aliphatic hydroxyl groups excluding tert-OH is 1. The lowest BCUT2D eigenvalue weighted by Crippen LogP contribution is -2.40. The molecule has 0 saturated heterocycles. The summed E-state index contributed by atoms with van der Waals surface area (Å²) in [4.78, 5) is 13.5. The smallest absolute Gasteiger partial charge is 0.239 e. The summed E-state index contributed by atoms with van der Waals surface area (Å²) in [5.74, 6) is -0.0120. The second-order valence-electron chi connectivity index (χ2n) is 5.20. The Labute approximate surface area is 121 Å². The van der Waals surface area contributed by atoms with Gasteiger partial charge in [0.1, 0.15) is 6.04 Å². The number of primary amides is 1. The molecule has 1 fully saturated rings. The van der Waals surface area contributed by atoms with Gasteiger partial charge in [0.2, 0.25) is 5.91 Å². The fourth-order valence-corrected chi connectivity index (χ4v) is 2.76. The minimum atomic E-state index is -0.508. The third kappa shape index (κ3) is 3.78. The average Bonchev–Trinajstić information content (AvgIpc) is 3.11. The number of likely N-dealkylation sites (N-methyl/N-ethyl adjacent to an activating group) is 1. The quantitative estimate of drug-likeness (QED) is 0.835. The van der Waals surface area contributed by atoms with Crippen molar-refractivity contribution in [1.29, 1.82) is 0 Å². The summed E-state index contributed by atoms with van der Waals surface area (Å²) in [5.41, 5.74) is 6.35. The molecule has 0 heterocycles. The molecular formula is C14H19BrN2O2. The van der Waals surface area contributed by atoms with Crippen molar-refractivity contribution in [3.63, 3.8) is 0 Å². The molecule has 2 unspecified atom stereocenters. The first kappa shape index (κ1) is 14.5. The van der Waals surface area contributed by atoms with Crippen molar-refractivity contribution in [2.45, 2.75) is 25.0 Å². The monoisotopic (exact) mass is 326 g/mol. The Morgan fingerprint density at radius 2 is 2.26 bits per heavy atom. The van der Waals surface area contributed by atoms with Gasteiger partial charge in [-0.1, -0.05) is 28.1 Å². The highest BCUT2D eigenvalue weighted by atomic mass is 79.9. The molecule has 1 aliphatic rings. The first-order chi connectivity index (χ1) is 8.99. The molecule has 4 nitrogen and oxygen atoms in total. The normalized spacial score (nSPS) is 18.3. The number of aliphatic hydroxyl groups is 1. The Balaban J connectivity index is 2.12. The molecule has 0 radical (unpaired) electrons. The van der Waals surface area contributed by atoms with Crippen LogP contribution in [0.15, 0.2) is 28.7 Å². The lowest BCUT2D eigenvalue weighted by atomic mass is 10.0. The molecule has 1 aromatic rings. The number of nitrogens with two attached hydrogens (primary N) is 1. The van der Waals surface area contributed by atoms with Crippen LogP contribution in [0.4, 0.5) is 0 Å². The van der Waals surface area contributed by atoms with E-state index in [1.807, 2.05) is 36.2 Å². The second-order valence-corrected chi connectivity index (χ2v) is 6.12. The van der Waals surface area contributed by atoms with Crippen LogP contribution in [-0.2, 0) is 4.79 Å². The van der Waals surface area contributed by atoms with Crippen LogP contribution in [0.25, 0.3) is 0 Å². The minimum absolute atomic E-state index is 0.376. The predicted molar refractivity (Wildman–Crippen MR) is 77.4 cm³/mol. The van der Waals surface area contributed by atoms with Gasteiger partial charge in [-0.25, -0.2) is 0 Å². The summed E-state index contributed by atoms with van der Waals surface area (Å²) in [7, 11) is 1.82. The van der Waals surface area contributed by atoms with Gasteiger partial charge in [-0.15, -0.1) is 0 Å². The van der Waals surface area contributed by atoms with Crippen LogP contribution in [0, 0.1) is 5.92 Å². The number of halogens is 1. The summed E-state index contributed by atoms with van der Waals surface area (Å²) < 4.78 is 0.910. The molecule has 0 aliphatic heterocycles. The number of rotatable bonds is 6. The third-order valence-electron chi connectivity index (χ3n) is 3.52. The Kier molecular flexibility index (Phi) is 4.60. The van der Waals surface area contributed by atoms with Crippen LogP contribution in [0.1, 0.15) is 24.4 Å². The van der Waals surface area contributed by atoms with Gasteiger partial charge < -0.3 is 10.8 Å². The summed E-state index contributed by atoms with van der Waals surface area (Å²) >= 11 is 3.39. The molecule has 3 N–H and O–H groups in total. The second kappa shape index (κ2) is 6.03. The zero-order chi connectivity index (χ0) is 14.0. The summed E-state index contributed by atoms with van der Waals surface area (Å²) in [6.07, 6.45) is 1.78. The van der Waals surface area contributed by atoms with E-state index in [9.17, 15) is 9.90 Å². The van der Waals surface area contributed by atoms with Crippen molar-refractivity contribution in [1.82, 2.24) is 4.90 Å². The van der Waals surface area contributed by atoms with E-state index in [1.165, 1.54) is 0 Å². The average molecular weight is 327 g/mol. The molecule has 1 aliphatic carbocycles. The zero-order valence-electron chi connectivity index (χ0n) is 10.9. The van der Waals surface area contributed by atoms with Crippen LogP contribution in [0.2, 0.25) is 0 Å². The lowest BCUT2D eigenvalue weighted by Gasteiger charge is -2.28. The molecule has 19 heavy (non-hydrogen) atoms. The van der Waals surface area contributed by atoms with Crippen molar-refractivity contribution < 1.29 is 9.90 Å². The maximum absolute atomic E-state index is 11.7. The fraction of sp³-hybridized carbons (Fsp3) is 0.500. The van der Waals surface area contributed by atoms with Gasteiger partial charge in [0, 0.05) is 11.0 Å². The van der Waals surface area contributed by atoms with Crippen LogP contribution in [-0.4, -0.2) is 35.6 Å². The standard InChI is InChI=1S/C14H19BrN2O2/c1-17(8-12(18)9-5-6-9)13(14(16)19)10-3-2-4-11(15)7-10/h2-4,7,9,12-13,18H,5-6,8H2,1H3,(H2,16,19). The van der Waals surface area contributed by atoms with Crippen molar-refractivity contribution in [2.24, 2.45) is 11.7 Å². The van der Waals surface area contributed by atoms with E-state index in [1.54, 1.807) is 0 Å². The van der Waals surface area contributed by atoms with Crippen molar-refractivity contribution in [3.05, 3.63) is 34.3 Å². The van der Waals surface area contributed by atoms with E-state index in [2.05, 4.69) is 15.9 Å². The van der Waals surface area contributed by atoms with Gasteiger partial charge in [0.25, 0.3) is 0 Å². The molecule has 2 atom stereocenters. The molecule has 2 rings (SSSR count). The lowest BCUT2D eigenvalue weighted by molar-refractivity contribution is -0.123. The maximum Gasteiger partial charge on any atom is 0.239 e. The van der Waals surface area contributed by atoms with Gasteiger partial charge in [0.05, 0.1) is 6.10 Å². The number of carbonyl (C=O) groups is 1. The first-order valence-corrected chi connectivity index (χ1v) is 7.21. The first-order valence-electron chi connectivity index (χ1n) is 6.42. The molecule has 1 amide bonds. The highest BCUT2D eigenvalue weighted by molar-refractivity contribution is 9.10. The van der Waals surface area contributed by atoms with Crippen molar-refractivity contribution in [3.8, 4) is 0 Å². The molecular weight excluding hydrogens is 308 g/mol. The SMILES string of the molecule is CN(CC(O)C1CC1)C(C(N)=O)c1cccc(Br)c1. The highest BCUT2D eigenvalue weighted by Gasteiger charge is 2.33. The number of carbonyl (C=O) groups excluding carboxylic acids is 1. The fourth-order valence-electron chi connectivity index (χ4n) is 2.34. The Bertz CT molecular complexity index is 463. The number of benzene rings is 1. The third-order valence-corrected chi connectivity index (χ3v) is 4.01. The summed E-state index contributed by atoms with van der Waals surface area (Å²) in [6, 6.07) is 7.03. The molecule has 0 aromatic heterocycles. The van der Waals surface area contributed by atoms with Gasteiger partial charge in [-0.2, -0.15) is 0 Å². The summed E-state index contributed by atoms with van der Waals surface area (Å²) in [5, 5.41) is 9.99. The summed E-state index contributed by atoms with van der Waals surface area (Å²) in [6.45, 7) is 0.463. The molecule has 5 heteroatoms.